The SMILES string of the molecule is N[SH](=O)=O.[c]1ccccc1. The molecule has 3 nitrogen and oxygen atoms in total. The summed E-state index contributed by atoms with van der Waals surface area (Å²) < 4.78 is 17.6. The smallest absolute Gasteiger partial charge is 0.198 e. The molecule has 1 radical (unpaired) electrons. The van der Waals surface area contributed by atoms with E-state index in [9.17, 15) is 0 Å². The van der Waals surface area contributed by atoms with Gasteiger partial charge in [0.15, 0.2) is 10.9 Å². The van der Waals surface area contributed by atoms with E-state index in [-0.39, 0.29) is 0 Å². The monoisotopic (exact) mass is 158 g/mol. The normalized spacial score (nSPS) is 8.20. The van der Waals surface area contributed by atoms with E-state index in [2.05, 4.69) is 11.2 Å². The third kappa shape index (κ3) is 10.2. The molecule has 0 aliphatic rings. The minimum atomic E-state index is -2.62. The Kier molecular flexibility index (Phi) is 5.71. The minimum Gasteiger partial charge on any atom is -0.231 e. The van der Waals surface area contributed by atoms with Gasteiger partial charge in [-0.2, -0.15) is 0 Å². The first kappa shape index (κ1) is 9.13. The maximum atomic E-state index is 8.81. The fourth-order valence-corrected chi connectivity index (χ4v) is 0.342. The third-order valence-electron chi connectivity index (χ3n) is 0.607. The van der Waals surface area contributed by atoms with Crippen LogP contribution in [0.25, 0.3) is 0 Å². The second kappa shape index (κ2) is 6.25. The highest BCUT2D eigenvalue weighted by Crippen LogP contribution is 1.78. The van der Waals surface area contributed by atoms with Crippen LogP contribution in [0.5, 0.6) is 0 Å². The average Bonchev–Trinajstić information content (AvgIpc) is 1.90. The van der Waals surface area contributed by atoms with Gasteiger partial charge in [0.1, 0.15) is 0 Å². The molecule has 1 rings (SSSR count). The highest BCUT2D eigenvalue weighted by atomic mass is 32.2. The molecular weight excluding hydrogens is 150 g/mol. The van der Waals surface area contributed by atoms with Gasteiger partial charge < -0.3 is 0 Å². The predicted octanol–water partition coefficient (Wildman–Crippen LogP) is -0.0417. The van der Waals surface area contributed by atoms with Gasteiger partial charge in [-0.05, 0) is 6.07 Å². The van der Waals surface area contributed by atoms with Crippen LogP contribution in [0.3, 0.4) is 0 Å². The number of hydrogen-bond acceptors (Lipinski definition) is 2. The van der Waals surface area contributed by atoms with E-state index in [1.54, 1.807) is 0 Å². The zero-order chi connectivity index (χ0) is 7.82. The summed E-state index contributed by atoms with van der Waals surface area (Å²) in [6, 6.07) is 12.5. The van der Waals surface area contributed by atoms with Crippen molar-refractivity contribution in [1.82, 2.24) is 0 Å². The van der Waals surface area contributed by atoms with Crippen molar-refractivity contribution in [3.05, 3.63) is 36.4 Å². The standard InChI is InChI=1S/C6H5.H3NO2S/c1-2-4-6-5-3-1;1-4(2)3/h1-5H;4H,(H2,1,2,3). The molecule has 0 fully saturated rings. The third-order valence-corrected chi connectivity index (χ3v) is 0.607. The molecule has 4 heteroatoms. The molecule has 0 aliphatic carbocycles. The molecule has 0 spiro atoms. The summed E-state index contributed by atoms with van der Waals surface area (Å²) >= 11 is 0. The van der Waals surface area contributed by atoms with Crippen LogP contribution < -0.4 is 5.14 Å². The number of hydrogen-bond donors (Lipinski definition) is 2. The number of rotatable bonds is 0. The Morgan fingerprint density at radius 2 is 1.50 bits per heavy atom. The van der Waals surface area contributed by atoms with E-state index in [0.29, 0.717) is 0 Å². The summed E-state index contributed by atoms with van der Waals surface area (Å²) in [4.78, 5) is 0. The first-order valence-corrected chi connectivity index (χ1v) is 3.78. The number of benzene rings is 1. The Labute approximate surface area is 61.6 Å². The van der Waals surface area contributed by atoms with E-state index in [4.69, 9.17) is 8.42 Å². The van der Waals surface area contributed by atoms with E-state index in [1.807, 2.05) is 30.3 Å². The molecule has 0 saturated carbocycles. The molecule has 0 amide bonds. The summed E-state index contributed by atoms with van der Waals surface area (Å²) in [7, 11) is -2.62. The second-order valence-corrected chi connectivity index (χ2v) is 1.93. The quantitative estimate of drug-likeness (QED) is 0.520. The van der Waals surface area contributed by atoms with Crippen molar-refractivity contribution in [2.75, 3.05) is 0 Å². The highest BCUT2D eigenvalue weighted by molar-refractivity contribution is 7.69. The average molecular weight is 158 g/mol. The Bertz CT molecular complexity index is 186. The molecule has 0 bridgehead atoms. The first-order valence-electron chi connectivity index (χ1n) is 2.53. The van der Waals surface area contributed by atoms with Crippen LogP contribution in [-0.2, 0) is 10.9 Å². The lowest BCUT2D eigenvalue weighted by atomic mass is 10.4. The molecule has 55 valence electrons. The van der Waals surface area contributed by atoms with Crippen LogP contribution in [0, 0.1) is 6.07 Å². The summed E-state index contributed by atoms with van der Waals surface area (Å²) in [6.45, 7) is 0. The second-order valence-electron chi connectivity index (χ2n) is 1.36. The molecular formula is C6H8NO2S. The van der Waals surface area contributed by atoms with Gasteiger partial charge in [0.25, 0.3) is 0 Å². The van der Waals surface area contributed by atoms with Crippen molar-refractivity contribution in [1.29, 1.82) is 0 Å². The molecule has 0 aromatic heterocycles. The van der Waals surface area contributed by atoms with Crippen molar-refractivity contribution in [3.63, 3.8) is 0 Å². The summed E-state index contributed by atoms with van der Waals surface area (Å²) in [5.41, 5.74) is 0. The summed E-state index contributed by atoms with van der Waals surface area (Å²) in [5.74, 6) is 0. The van der Waals surface area contributed by atoms with Gasteiger partial charge in [0.05, 0.1) is 0 Å². The molecule has 0 heterocycles. The van der Waals surface area contributed by atoms with Crippen LogP contribution in [0.15, 0.2) is 30.3 Å². The molecule has 1 aromatic rings. The highest BCUT2D eigenvalue weighted by Gasteiger charge is 1.58. The van der Waals surface area contributed by atoms with Gasteiger partial charge in [0.2, 0.25) is 0 Å². The Hall–Kier alpha value is -0.870. The van der Waals surface area contributed by atoms with Gasteiger partial charge in [-0.25, -0.2) is 13.6 Å². The van der Waals surface area contributed by atoms with Crippen molar-refractivity contribution >= 4 is 10.9 Å². The van der Waals surface area contributed by atoms with E-state index >= 15 is 0 Å². The topological polar surface area (TPSA) is 60.2 Å². The lowest BCUT2D eigenvalue weighted by Crippen LogP contribution is -1.85. The maximum absolute atomic E-state index is 8.81. The first-order chi connectivity index (χ1) is 4.73. The van der Waals surface area contributed by atoms with Crippen molar-refractivity contribution in [2.24, 2.45) is 5.14 Å². The van der Waals surface area contributed by atoms with Gasteiger partial charge in [-0.3, -0.25) is 0 Å². The lowest BCUT2D eigenvalue weighted by molar-refractivity contribution is 0.616. The Morgan fingerprint density at radius 1 is 1.10 bits per heavy atom. The fraction of sp³-hybridized carbons (Fsp3) is 0. The minimum absolute atomic E-state index is 1.88. The predicted molar refractivity (Wildman–Crippen MR) is 39.8 cm³/mol. The molecule has 1 aromatic carbocycles. The molecule has 2 N–H and O–H groups in total. The van der Waals surface area contributed by atoms with Gasteiger partial charge >= 0.3 is 0 Å². The number of nitrogens with two attached hydrogens (primary N) is 1. The summed E-state index contributed by atoms with van der Waals surface area (Å²) in [5, 5.41) is 4.06. The van der Waals surface area contributed by atoms with Gasteiger partial charge in [-0.15, -0.1) is 0 Å². The van der Waals surface area contributed by atoms with Crippen molar-refractivity contribution in [3.8, 4) is 0 Å². The van der Waals surface area contributed by atoms with E-state index in [1.165, 1.54) is 0 Å². The molecule has 0 unspecified atom stereocenters. The fourth-order valence-electron chi connectivity index (χ4n) is 0.342. The van der Waals surface area contributed by atoms with Crippen LogP contribution >= 0.6 is 0 Å². The zero-order valence-electron chi connectivity index (χ0n) is 5.23. The van der Waals surface area contributed by atoms with Crippen LogP contribution in [0.4, 0.5) is 0 Å². The zero-order valence-corrected chi connectivity index (χ0v) is 6.12. The largest absolute Gasteiger partial charge is 0.231 e. The summed E-state index contributed by atoms with van der Waals surface area (Å²) in [6.07, 6.45) is 0. The van der Waals surface area contributed by atoms with Gasteiger partial charge in [0, 0.05) is 0 Å². The van der Waals surface area contributed by atoms with E-state index in [0.717, 1.165) is 0 Å². The molecule has 10 heavy (non-hydrogen) atoms. The van der Waals surface area contributed by atoms with Crippen molar-refractivity contribution < 1.29 is 8.42 Å². The van der Waals surface area contributed by atoms with Crippen LogP contribution in [0.2, 0.25) is 0 Å². The Morgan fingerprint density at radius 3 is 1.60 bits per heavy atom. The van der Waals surface area contributed by atoms with Crippen LogP contribution in [0.1, 0.15) is 0 Å². The van der Waals surface area contributed by atoms with Crippen LogP contribution in [-0.4, -0.2) is 8.42 Å². The molecule has 0 atom stereocenters. The lowest BCUT2D eigenvalue weighted by Gasteiger charge is -1.68. The molecule has 0 aliphatic heterocycles. The van der Waals surface area contributed by atoms with Gasteiger partial charge in [-0.1, -0.05) is 30.3 Å². The van der Waals surface area contributed by atoms with E-state index < -0.39 is 10.9 Å². The Balaban J connectivity index is 0.000000180. The number of thiol groups is 1. The maximum Gasteiger partial charge on any atom is 0.198 e. The molecule has 0 saturated heterocycles. The van der Waals surface area contributed by atoms with Crippen molar-refractivity contribution in [2.45, 2.75) is 0 Å².